The molecule has 0 saturated carbocycles. The molecule has 0 aliphatic carbocycles. The topological polar surface area (TPSA) is 64.6 Å². The number of amides is 1. The number of esters is 1. The van der Waals surface area contributed by atoms with Crippen LogP contribution in [0.5, 0.6) is 11.5 Å². The van der Waals surface area contributed by atoms with E-state index in [1.165, 1.54) is 0 Å². The van der Waals surface area contributed by atoms with Gasteiger partial charge in [-0.1, -0.05) is 32.0 Å². The molecule has 24 heavy (non-hydrogen) atoms. The fourth-order valence-corrected chi connectivity index (χ4v) is 1.87. The average Bonchev–Trinajstić information content (AvgIpc) is 2.61. The van der Waals surface area contributed by atoms with Gasteiger partial charge < -0.3 is 14.8 Å². The van der Waals surface area contributed by atoms with E-state index in [0.717, 1.165) is 5.75 Å². The maximum absolute atomic E-state index is 11.8. The smallest absolute Gasteiger partial charge is 0.309 e. The second-order valence-corrected chi connectivity index (χ2v) is 5.40. The molecular weight excluding hydrogens is 306 g/mol. The minimum absolute atomic E-state index is 0.202. The summed E-state index contributed by atoms with van der Waals surface area (Å²) in [5.74, 6) is 0.475. The molecule has 0 saturated heterocycles. The Balaban J connectivity index is 1.83. The van der Waals surface area contributed by atoms with Crippen molar-refractivity contribution in [3.63, 3.8) is 0 Å². The van der Waals surface area contributed by atoms with Crippen molar-refractivity contribution < 1.29 is 19.1 Å². The molecule has 0 aliphatic rings. The van der Waals surface area contributed by atoms with Crippen LogP contribution in [-0.2, 0) is 14.3 Å². The van der Waals surface area contributed by atoms with Gasteiger partial charge in [0.25, 0.3) is 5.91 Å². The molecule has 0 spiro atoms. The Hall–Kier alpha value is -2.82. The minimum atomic E-state index is -0.372. The molecular formula is C19H21NO4. The highest BCUT2D eigenvalue weighted by Crippen LogP contribution is 2.22. The van der Waals surface area contributed by atoms with E-state index in [4.69, 9.17) is 9.47 Å². The summed E-state index contributed by atoms with van der Waals surface area (Å²) in [7, 11) is 0. The zero-order valence-electron chi connectivity index (χ0n) is 13.8. The predicted octanol–water partition coefficient (Wildman–Crippen LogP) is 4.01. The maximum Gasteiger partial charge on any atom is 0.309 e. The van der Waals surface area contributed by atoms with Crippen molar-refractivity contribution in [2.75, 3.05) is 11.9 Å². The van der Waals surface area contributed by atoms with Gasteiger partial charge in [0.2, 0.25) is 0 Å². The molecule has 1 amide bonds. The van der Waals surface area contributed by atoms with E-state index in [2.05, 4.69) is 5.32 Å². The fourth-order valence-electron chi connectivity index (χ4n) is 1.87. The van der Waals surface area contributed by atoms with E-state index in [0.29, 0.717) is 17.9 Å². The van der Waals surface area contributed by atoms with Crippen molar-refractivity contribution in [3.05, 3.63) is 54.6 Å². The highest BCUT2D eigenvalue weighted by atomic mass is 16.5. The molecule has 1 unspecified atom stereocenters. The van der Waals surface area contributed by atoms with E-state index >= 15 is 0 Å². The van der Waals surface area contributed by atoms with Gasteiger partial charge in [0.1, 0.15) is 11.5 Å². The van der Waals surface area contributed by atoms with Crippen molar-refractivity contribution >= 4 is 17.6 Å². The quantitative estimate of drug-likeness (QED) is 0.781. The number of hydrogen-bond acceptors (Lipinski definition) is 4. The van der Waals surface area contributed by atoms with Gasteiger partial charge in [0.05, 0.1) is 5.92 Å². The van der Waals surface area contributed by atoms with Gasteiger partial charge in [-0.25, -0.2) is 0 Å². The van der Waals surface area contributed by atoms with Crippen molar-refractivity contribution in [1.82, 2.24) is 0 Å². The first-order valence-corrected chi connectivity index (χ1v) is 7.88. The van der Waals surface area contributed by atoms with Crippen LogP contribution in [0.2, 0.25) is 0 Å². The fraction of sp³-hybridized carbons (Fsp3) is 0.263. The number of anilines is 1. The first-order valence-electron chi connectivity index (χ1n) is 7.88. The maximum atomic E-state index is 11.8. The van der Waals surface area contributed by atoms with Gasteiger partial charge in [0, 0.05) is 5.69 Å². The second-order valence-electron chi connectivity index (χ2n) is 5.40. The van der Waals surface area contributed by atoms with E-state index in [1.54, 1.807) is 31.2 Å². The average molecular weight is 327 g/mol. The van der Waals surface area contributed by atoms with Gasteiger partial charge in [-0.15, -0.1) is 0 Å². The molecule has 0 radical (unpaired) electrons. The highest BCUT2D eigenvalue weighted by Gasteiger charge is 2.13. The summed E-state index contributed by atoms with van der Waals surface area (Å²) in [6.45, 7) is 3.38. The lowest BCUT2D eigenvalue weighted by atomic mass is 10.1. The number of ether oxygens (including phenoxy) is 2. The van der Waals surface area contributed by atoms with Crippen molar-refractivity contribution in [3.8, 4) is 11.5 Å². The van der Waals surface area contributed by atoms with Gasteiger partial charge in [-0.05, 0) is 42.8 Å². The standard InChI is InChI=1S/C19H21NO4/c1-3-14(2)19(22)23-13-18(21)20-15-9-11-17(12-10-15)24-16-7-5-4-6-8-16/h4-12,14H,3,13H2,1-2H3,(H,20,21). The van der Waals surface area contributed by atoms with Crippen LogP contribution in [0.3, 0.4) is 0 Å². The Morgan fingerprint density at radius 2 is 1.62 bits per heavy atom. The van der Waals surface area contributed by atoms with Crippen LogP contribution in [0.15, 0.2) is 54.6 Å². The molecule has 5 heteroatoms. The van der Waals surface area contributed by atoms with E-state index in [1.807, 2.05) is 37.3 Å². The Morgan fingerprint density at radius 1 is 1.00 bits per heavy atom. The number of carbonyl (C=O) groups is 2. The summed E-state index contributed by atoms with van der Waals surface area (Å²) in [4.78, 5) is 23.3. The zero-order chi connectivity index (χ0) is 17.4. The van der Waals surface area contributed by atoms with E-state index in [-0.39, 0.29) is 24.4 Å². The minimum Gasteiger partial charge on any atom is -0.457 e. The molecule has 0 fully saturated rings. The molecule has 2 aromatic carbocycles. The molecule has 2 aromatic rings. The number of hydrogen-bond donors (Lipinski definition) is 1. The molecule has 1 atom stereocenters. The van der Waals surface area contributed by atoms with E-state index < -0.39 is 0 Å². The van der Waals surface area contributed by atoms with Crippen LogP contribution in [0.1, 0.15) is 20.3 Å². The third-order valence-electron chi connectivity index (χ3n) is 3.48. The second kappa shape index (κ2) is 8.72. The SMILES string of the molecule is CCC(C)C(=O)OCC(=O)Nc1ccc(Oc2ccccc2)cc1. The Labute approximate surface area is 141 Å². The van der Waals surface area contributed by atoms with Gasteiger partial charge in [-0.2, -0.15) is 0 Å². The van der Waals surface area contributed by atoms with E-state index in [9.17, 15) is 9.59 Å². The Morgan fingerprint density at radius 3 is 2.25 bits per heavy atom. The third kappa shape index (κ3) is 5.43. The first-order chi connectivity index (χ1) is 11.6. The van der Waals surface area contributed by atoms with Crippen LogP contribution in [0.25, 0.3) is 0 Å². The van der Waals surface area contributed by atoms with Gasteiger partial charge in [-0.3, -0.25) is 9.59 Å². The third-order valence-corrected chi connectivity index (χ3v) is 3.48. The molecule has 0 aromatic heterocycles. The normalized spacial score (nSPS) is 11.4. The van der Waals surface area contributed by atoms with Crippen LogP contribution in [0.4, 0.5) is 5.69 Å². The van der Waals surface area contributed by atoms with Gasteiger partial charge in [0.15, 0.2) is 6.61 Å². The molecule has 0 aliphatic heterocycles. The number of para-hydroxylation sites is 1. The van der Waals surface area contributed by atoms with Crippen LogP contribution in [-0.4, -0.2) is 18.5 Å². The summed E-state index contributed by atoms with van der Waals surface area (Å²) in [6.07, 6.45) is 0.684. The zero-order valence-corrected chi connectivity index (χ0v) is 13.8. The largest absolute Gasteiger partial charge is 0.457 e. The molecule has 1 N–H and O–H groups in total. The predicted molar refractivity (Wildman–Crippen MR) is 92.0 cm³/mol. The summed E-state index contributed by atoms with van der Waals surface area (Å²) in [6, 6.07) is 16.4. The van der Waals surface area contributed by atoms with Gasteiger partial charge >= 0.3 is 5.97 Å². The first kappa shape index (κ1) is 17.5. The number of rotatable bonds is 7. The summed E-state index contributed by atoms with van der Waals surface area (Å²) >= 11 is 0. The molecule has 0 heterocycles. The molecule has 2 rings (SSSR count). The summed E-state index contributed by atoms with van der Waals surface area (Å²) in [5.41, 5.74) is 0.611. The molecule has 5 nitrogen and oxygen atoms in total. The molecule has 0 bridgehead atoms. The summed E-state index contributed by atoms with van der Waals surface area (Å²) in [5, 5.41) is 2.67. The van der Waals surface area contributed by atoms with Crippen molar-refractivity contribution in [1.29, 1.82) is 0 Å². The van der Waals surface area contributed by atoms with Crippen molar-refractivity contribution in [2.45, 2.75) is 20.3 Å². The lowest BCUT2D eigenvalue weighted by Gasteiger charge is -2.10. The molecule has 126 valence electrons. The lowest BCUT2D eigenvalue weighted by Crippen LogP contribution is -2.23. The number of carbonyl (C=O) groups excluding carboxylic acids is 2. The number of nitrogens with one attached hydrogen (secondary N) is 1. The Kier molecular flexibility index (Phi) is 6.37. The monoisotopic (exact) mass is 327 g/mol. The summed E-state index contributed by atoms with van der Waals surface area (Å²) < 4.78 is 10.6. The van der Waals surface area contributed by atoms with Crippen LogP contribution >= 0.6 is 0 Å². The number of benzene rings is 2. The van der Waals surface area contributed by atoms with Crippen molar-refractivity contribution in [2.24, 2.45) is 5.92 Å². The Bertz CT molecular complexity index is 668. The lowest BCUT2D eigenvalue weighted by molar-refractivity contribution is -0.151. The van der Waals surface area contributed by atoms with Crippen LogP contribution < -0.4 is 10.1 Å². The van der Waals surface area contributed by atoms with Crippen LogP contribution in [0, 0.1) is 5.92 Å². The highest BCUT2D eigenvalue weighted by molar-refractivity contribution is 5.92.